The van der Waals surface area contributed by atoms with Crippen LogP contribution < -0.4 is 10.6 Å². The highest BCUT2D eigenvalue weighted by molar-refractivity contribution is 6.02. The predicted octanol–water partition coefficient (Wildman–Crippen LogP) is 3.33. The number of allylic oxidation sites excluding steroid dienone is 1. The lowest BCUT2D eigenvalue weighted by Crippen LogP contribution is -2.15. The Balaban J connectivity index is 1.49. The van der Waals surface area contributed by atoms with Crippen molar-refractivity contribution in [3.8, 4) is 0 Å². The summed E-state index contributed by atoms with van der Waals surface area (Å²) in [7, 11) is 0. The van der Waals surface area contributed by atoms with E-state index in [-0.39, 0.29) is 11.6 Å². The molecule has 2 aromatic heterocycles. The van der Waals surface area contributed by atoms with E-state index in [0.717, 1.165) is 13.0 Å². The summed E-state index contributed by atoms with van der Waals surface area (Å²) >= 11 is 0. The van der Waals surface area contributed by atoms with Crippen LogP contribution in [0.15, 0.2) is 34.6 Å². The lowest BCUT2D eigenvalue weighted by atomic mass is 9.97. The number of aromatic nitrogens is 3. The second-order valence-corrected chi connectivity index (χ2v) is 5.85. The quantitative estimate of drug-likeness (QED) is 0.791. The Labute approximate surface area is 140 Å². The van der Waals surface area contributed by atoms with Crippen molar-refractivity contribution >= 4 is 17.5 Å². The molecular weight excluding hydrogens is 306 g/mol. The number of nitrogens with zero attached hydrogens (tertiary/aromatic N) is 3. The molecule has 0 spiro atoms. The van der Waals surface area contributed by atoms with Gasteiger partial charge in [0.15, 0.2) is 5.82 Å². The van der Waals surface area contributed by atoms with Gasteiger partial charge in [-0.1, -0.05) is 16.8 Å². The molecule has 126 valence electrons. The Hall–Kier alpha value is -2.70. The highest BCUT2D eigenvalue weighted by Gasteiger charge is 2.11. The average Bonchev–Trinajstić information content (AvgIpc) is 3.01. The molecule has 7 heteroatoms. The van der Waals surface area contributed by atoms with Crippen LogP contribution in [0.3, 0.4) is 0 Å². The van der Waals surface area contributed by atoms with E-state index in [1.54, 1.807) is 19.2 Å². The molecule has 1 aliphatic rings. The Bertz CT molecular complexity index is 721. The van der Waals surface area contributed by atoms with E-state index in [2.05, 4.69) is 31.8 Å². The standard InChI is InChI=1S/C17H21N5O2/c1-12-9-15(22-24-12)21-17(23)14-10-20-16(11-19-14)18-8-7-13-5-3-2-4-6-13/h5,9-11H,2-4,6-8H2,1H3,(H,18,20)(H,21,22,23). The SMILES string of the molecule is Cc1cc(NC(=O)c2cnc(NCCC3=CCCCC3)cn2)no1. The second kappa shape index (κ2) is 7.72. The summed E-state index contributed by atoms with van der Waals surface area (Å²) < 4.78 is 4.90. The molecule has 3 rings (SSSR count). The summed E-state index contributed by atoms with van der Waals surface area (Å²) in [5.41, 5.74) is 1.75. The van der Waals surface area contributed by atoms with Crippen LogP contribution in [0.4, 0.5) is 11.6 Å². The van der Waals surface area contributed by atoms with Crippen molar-refractivity contribution in [1.29, 1.82) is 0 Å². The molecule has 0 aliphatic heterocycles. The van der Waals surface area contributed by atoms with E-state index in [4.69, 9.17) is 4.52 Å². The minimum absolute atomic E-state index is 0.233. The molecular formula is C17H21N5O2. The van der Waals surface area contributed by atoms with Crippen molar-refractivity contribution < 1.29 is 9.32 Å². The predicted molar refractivity (Wildman–Crippen MR) is 90.9 cm³/mol. The molecule has 0 radical (unpaired) electrons. The van der Waals surface area contributed by atoms with Crippen LogP contribution in [-0.4, -0.2) is 27.6 Å². The molecule has 0 saturated heterocycles. The zero-order chi connectivity index (χ0) is 16.8. The summed E-state index contributed by atoms with van der Waals surface area (Å²) in [6, 6.07) is 1.64. The molecule has 2 N–H and O–H groups in total. The van der Waals surface area contributed by atoms with Crippen molar-refractivity contribution in [3.05, 3.63) is 41.6 Å². The smallest absolute Gasteiger partial charge is 0.277 e. The van der Waals surface area contributed by atoms with Crippen molar-refractivity contribution in [2.75, 3.05) is 17.2 Å². The first-order valence-electron chi connectivity index (χ1n) is 8.19. The van der Waals surface area contributed by atoms with Gasteiger partial charge in [0, 0.05) is 12.6 Å². The van der Waals surface area contributed by atoms with E-state index in [1.807, 2.05) is 0 Å². The fourth-order valence-electron chi connectivity index (χ4n) is 2.63. The molecule has 2 aromatic rings. The van der Waals surface area contributed by atoms with Gasteiger partial charge in [-0.05, 0) is 39.0 Å². The Morgan fingerprint density at radius 3 is 2.83 bits per heavy atom. The van der Waals surface area contributed by atoms with Crippen molar-refractivity contribution in [2.45, 2.75) is 39.0 Å². The third kappa shape index (κ3) is 4.41. The molecule has 0 bridgehead atoms. The summed E-state index contributed by atoms with van der Waals surface area (Å²) in [5.74, 6) is 1.29. The third-order valence-corrected chi connectivity index (χ3v) is 3.89. The summed E-state index contributed by atoms with van der Waals surface area (Å²) in [4.78, 5) is 20.4. The van der Waals surface area contributed by atoms with Crippen LogP contribution in [0.25, 0.3) is 0 Å². The van der Waals surface area contributed by atoms with Gasteiger partial charge < -0.3 is 15.2 Å². The first-order chi connectivity index (χ1) is 11.7. The highest BCUT2D eigenvalue weighted by Crippen LogP contribution is 2.19. The van der Waals surface area contributed by atoms with Gasteiger partial charge in [-0.3, -0.25) is 4.79 Å². The fourth-order valence-corrected chi connectivity index (χ4v) is 2.63. The van der Waals surface area contributed by atoms with Crippen LogP contribution in [0, 0.1) is 6.92 Å². The first kappa shape index (κ1) is 16.2. The first-order valence-corrected chi connectivity index (χ1v) is 8.19. The lowest BCUT2D eigenvalue weighted by Gasteiger charge is -2.13. The van der Waals surface area contributed by atoms with Crippen LogP contribution in [0.1, 0.15) is 48.4 Å². The number of amides is 1. The van der Waals surface area contributed by atoms with E-state index in [1.165, 1.54) is 37.5 Å². The number of hydrogen-bond donors (Lipinski definition) is 2. The summed E-state index contributed by atoms with van der Waals surface area (Å²) in [6.07, 6.45) is 11.4. The number of anilines is 2. The van der Waals surface area contributed by atoms with Gasteiger partial charge in [0.2, 0.25) is 0 Å². The summed E-state index contributed by atoms with van der Waals surface area (Å²) in [6.45, 7) is 2.58. The van der Waals surface area contributed by atoms with Gasteiger partial charge in [-0.15, -0.1) is 0 Å². The van der Waals surface area contributed by atoms with E-state index in [0.29, 0.717) is 17.4 Å². The van der Waals surface area contributed by atoms with E-state index >= 15 is 0 Å². The number of rotatable bonds is 6. The van der Waals surface area contributed by atoms with Crippen LogP contribution >= 0.6 is 0 Å². The molecule has 0 atom stereocenters. The molecule has 1 aliphatic carbocycles. The molecule has 7 nitrogen and oxygen atoms in total. The Morgan fingerprint density at radius 2 is 2.17 bits per heavy atom. The lowest BCUT2D eigenvalue weighted by molar-refractivity contribution is 0.102. The maximum Gasteiger partial charge on any atom is 0.277 e. The minimum Gasteiger partial charge on any atom is -0.368 e. The van der Waals surface area contributed by atoms with Crippen molar-refractivity contribution in [1.82, 2.24) is 15.1 Å². The fraction of sp³-hybridized carbons (Fsp3) is 0.412. The normalized spacial score (nSPS) is 14.1. The molecule has 0 saturated carbocycles. The van der Waals surface area contributed by atoms with Crippen molar-refractivity contribution in [3.63, 3.8) is 0 Å². The molecule has 0 unspecified atom stereocenters. The third-order valence-electron chi connectivity index (χ3n) is 3.89. The zero-order valence-electron chi connectivity index (χ0n) is 13.7. The molecule has 1 amide bonds. The topological polar surface area (TPSA) is 92.9 Å². The monoisotopic (exact) mass is 327 g/mol. The summed E-state index contributed by atoms with van der Waals surface area (Å²) in [5, 5.41) is 9.56. The van der Waals surface area contributed by atoms with Gasteiger partial charge in [0.05, 0.1) is 12.4 Å². The zero-order valence-corrected chi connectivity index (χ0v) is 13.7. The van der Waals surface area contributed by atoms with Gasteiger partial charge in [-0.25, -0.2) is 9.97 Å². The molecule has 0 fully saturated rings. The largest absolute Gasteiger partial charge is 0.368 e. The molecule has 2 heterocycles. The van der Waals surface area contributed by atoms with Crippen LogP contribution in [-0.2, 0) is 0 Å². The second-order valence-electron chi connectivity index (χ2n) is 5.85. The maximum atomic E-state index is 12.0. The highest BCUT2D eigenvalue weighted by atomic mass is 16.5. The van der Waals surface area contributed by atoms with Crippen LogP contribution in [0.2, 0.25) is 0 Å². The van der Waals surface area contributed by atoms with Gasteiger partial charge in [-0.2, -0.15) is 0 Å². The Morgan fingerprint density at radius 1 is 1.25 bits per heavy atom. The molecule has 24 heavy (non-hydrogen) atoms. The minimum atomic E-state index is -0.366. The number of nitrogens with one attached hydrogen (secondary N) is 2. The number of carbonyl (C=O) groups excluding carboxylic acids is 1. The van der Waals surface area contributed by atoms with Crippen LogP contribution in [0.5, 0.6) is 0 Å². The van der Waals surface area contributed by atoms with E-state index < -0.39 is 0 Å². The molecule has 0 aromatic carbocycles. The van der Waals surface area contributed by atoms with Crippen molar-refractivity contribution in [2.24, 2.45) is 0 Å². The van der Waals surface area contributed by atoms with Gasteiger partial charge in [0.25, 0.3) is 5.91 Å². The number of aryl methyl sites for hydroxylation is 1. The maximum absolute atomic E-state index is 12.0. The Kier molecular flexibility index (Phi) is 5.20. The van der Waals surface area contributed by atoms with Gasteiger partial charge in [0.1, 0.15) is 17.3 Å². The number of hydrogen-bond acceptors (Lipinski definition) is 6. The van der Waals surface area contributed by atoms with Gasteiger partial charge >= 0.3 is 0 Å². The number of carbonyl (C=O) groups is 1. The van der Waals surface area contributed by atoms with E-state index in [9.17, 15) is 4.79 Å². The average molecular weight is 327 g/mol.